The molecule has 0 aliphatic rings. The van der Waals surface area contributed by atoms with Gasteiger partial charge in [0.05, 0.1) is 37.7 Å². The number of esters is 1. The van der Waals surface area contributed by atoms with Gasteiger partial charge in [0, 0.05) is 7.05 Å². The number of aromatic nitrogens is 2. The summed E-state index contributed by atoms with van der Waals surface area (Å²) in [5.74, 6) is 0.181. The maximum atomic E-state index is 12.3. The van der Waals surface area contributed by atoms with E-state index in [2.05, 4.69) is 10.4 Å². The number of rotatable bonds is 7. The van der Waals surface area contributed by atoms with E-state index in [1.807, 2.05) is 6.92 Å². The smallest absolute Gasteiger partial charge is 0.311 e. The lowest BCUT2D eigenvalue weighted by Gasteiger charge is -2.14. The van der Waals surface area contributed by atoms with E-state index in [-0.39, 0.29) is 6.42 Å². The van der Waals surface area contributed by atoms with Gasteiger partial charge in [-0.2, -0.15) is 5.10 Å². The SMILES string of the molecule is COc1ccc(CC(=O)OC(C)C(=O)Nc2c(C)nn(C)c2C)cc1OC. The Kier molecular flexibility index (Phi) is 6.44. The zero-order valence-electron chi connectivity index (χ0n) is 16.5. The molecule has 0 radical (unpaired) electrons. The molecule has 0 aliphatic heterocycles. The van der Waals surface area contributed by atoms with Gasteiger partial charge >= 0.3 is 5.97 Å². The molecule has 1 atom stereocenters. The molecule has 1 heterocycles. The van der Waals surface area contributed by atoms with E-state index in [4.69, 9.17) is 14.2 Å². The summed E-state index contributed by atoms with van der Waals surface area (Å²) in [6.07, 6.45) is -0.917. The van der Waals surface area contributed by atoms with Gasteiger partial charge in [-0.25, -0.2) is 0 Å². The Morgan fingerprint density at radius 2 is 1.85 bits per heavy atom. The van der Waals surface area contributed by atoms with Gasteiger partial charge in [0.1, 0.15) is 0 Å². The number of methoxy groups -OCH3 is 2. The zero-order valence-corrected chi connectivity index (χ0v) is 16.5. The van der Waals surface area contributed by atoms with Crippen LogP contribution >= 0.6 is 0 Å². The predicted molar refractivity (Wildman–Crippen MR) is 100 cm³/mol. The van der Waals surface area contributed by atoms with Crippen molar-refractivity contribution in [3.63, 3.8) is 0 Å². The Morgan fingerprint density at radius 3 is 2.41 bits per heavy atom. The summed E-state index contributed by atoms with van der Waals surface area (Å²) in [6, 6.07) is 5.16. The third kappa shape index (κ3) is 4.78. The van der Waals surface area contributed by atoms with Crippen LogP contribution in [0.4, 0.5) is 5.69 Å². The summed E-state index contributed by atoms with van der Waals surface area (Å²) in [7, 11) is 4.86. The number of benzene rings is 1. The first-order valence-corrected chi connectivity index (χ1v) is 8.48. The van der Waals surface area contributed by atoms with E-state index in [1.54, 1.807) is 36.9 Å². The highest BCUT2D eigenvalue weighted by atomic mass is 16.5. The van der Waals surface area contributed by atoms with Crippen LogP contribution in [0.15, 0.2) is 18.2 Å². The summed E-state index contributed by atoms with van der Waals surface area (Å²) in [5.41, 5.74) is 2.85. The molecule has 1 unspecified atom stereocenters. The molecule has 0 bridgehead atoms. The molecule has 2 rings (SSSR count). The number of ether oxygens (including phenoxy) is 3. The van der Waals surface area contributed by atoms with Gasteiger partial charge in [0.2, 0.25) is 0 Å². The van der Waals surface area contributed by atoms with Crippen LogP contribution in [0, 0.1) is 13.8 Å². The molecule has 0 fully saturated rings. The molecule has 2 aromatic rings. The lowest BCUT2D eigenvalue weighted by Crippen LogP contribution is -2.30. The Labute approximate surface area is 158 Å². The molecule has 0 aliphatic carbocycles. The van der Waals surface area contributed by atoms with E-state index in [9.17, 15) is 9.59 Å². The van der Waals surface area contributed by atoms with Crippen molar-refractivity contribution in [3.05, 3.63) is 35.2 Å². The van der Waals surface area contributed by atoms with Gasteiger partial charge in [0.25, 0.3) is 5.91 Å². The molecule has 1 aromatic carbocycles. The zero-order chi connectivity index (χ0) is 20.1. The van der Waals surface area contributed by atoms with E-state index in [1.165, 1.54) is 21.1 Å². The van der Waals surface area contributed by atoms with Crippen LogP contribution in [0.5, 0.6) is 11.5 Å². The van der Waals surface area contributed by atoms with E-state index in [0.717, 1.165) is 5.69 Å². The first-order chi connectivity index (χ1) is 12.8. The summed E-state index contributed by atoms with van der Waals surface area (Å²) >= 11 is 0. The fraction of sp³-hybridized carbons (Fsp3) is 0.421. The van der Waals surface area contributed by atoms with Crippen LogP contribution in [0.3, 0.4) is 0 Å². The minimum Gasteiger partial charge on any atom is -0.493 e. The second-order valence-corrected chi connectivity index (χ2v) is 6.16. The molecule has 1 amide bonds. The Morgan fingerprint density at radius 1 is 1.19 bits per heavy atom. The number of aryl methyl sites for hydroxylation is 2. The van der Waals surface area contributed by atoms with Crippen LogP contribution in [-0.2, 0) is 27.8 Å². The first kappa shape index (κ1) is 20.3. The van der Waals surface area contributed by atoms with Crippen LogP contribution in [0.25, 0.3) is 0 Å². The maximum absolute atomic E-state index is 12.3. The molecular formula is C19H25N3O5. The second kappa shape index (κ2) is 8.57. The summed E-state index contributed by atoms with van der Waals surface area (Å²) in [6.45, 7) is 5.18. The molecule has 8 heteroatoms. The van der Waals surface area contributed by atoms with E-state index >= 15 is 0 Å². The Balaban J connectivity index is 1.97. The molecule has 0 spiro atoms. The average Bonchev–Trinajstić information content (AvgIpc) is 2.87. The number of carbonyl (C=O) groups excluding carboxylic acids is 2. The lowest BCUT2D eigenvalue weighted by molar-refractivity contribution is -0.152. The highest BCUT2D eigenvalue weighted by Crippen LogP contribution is 2.27. The monoisotopic (exact) mass is 375 g/mol. The van der Waals surface area contributed by atoms with Crippen LogP contribution in [-0.4, -0.2) is 42.0 Å². The van der Waals surface area contributed by atoms with Crippen molar-refractivity contribution >= 4 is 17.6 Å². The minimum atomic E-state index is -0.934. The topological polar surface area (TPSA) is 91.7 Å². The van der Waals surface area contributed by atoms with Gasteiger partial charge in [0.15, 0.2) is 17.6 Å². The first-order valence-electron chi connectivity index (χ1n) is 8.48. The molecule has 0 saturated carbocycles. The number of carbonyl (C=O) groups is 2. The molecular weight excluding hydrogens is 350 g/mol. The minimum absolute atomic E-state index is 0.0168. The van der Waals surface area contributed by atoms with Crippen molar-refractivity contribution < 1.29 is 23.8 Å². The number of nitrogens with one attached hydrogen (secondary N) is 1. The normalized spacial score (nSPS) is 11.6. The Bertz CT molecular complexity index is 844. The lowest BCUT2D eigenvalue weighted by atomic mass is 10.1. The van der Waals surface area contributed by atoms with Gasteiger partial charge in [-0.1, -0.05) is 6.07 Å². The van der Waals surface area contributed by atoms with Crippen LogP contribution < -0.4 is 14.8 Å². The van der Waals surface area contributed by atoms with Crippen molar-refractivity contribution in [1.82, 2.24) is 9.78 Å². The number of amides is 1. The molecule has 8 nitrogen and oxygen atoms in total. The fourth-order valence-corrected chi connectivity index (χ4v) is 2.63. The number of nitrogens with zero attached hydrogens (tertiary/aromatic N) is 2. The fourth-order valence-electron chi connectivity index (χ4n) is 2.63. The quantitative estimate of drug-likeness (QED) is 0.746. The molecule has 27 heavy (non-hydrogen) atoms. The maximum Gasteiger partial charge on any atom is 0.311 e. The van der Waals surface area contributed by atoms with Crippen molar-refractivity contribution in [2.45, 2.75) is 33.3 Å². The number of hydrogen-bond donors (Lipinski definition) is 1. The third-order valence-electron chi connectivity index (χ3n) is 4.23. The van der Waals surface area contributed by atoms with Crippen molar-refractivity contribution in [2.24, 2.45) is 7.05 Å². The van der Waals surface area contributed by atoms with Crippen molar-refractivity contribution in [1.29, 1.82) is 0 Å². The van der Waals surface area contributed by atoms with Crippen molar-refractivity contribution in [2.75, 3.05) is 19.5 Å². The largest absolute Gasteiger partial charge is 0.493 e. The van der Waals surface area contributed by atoms with E-state index < -0.39 is 18.0 Å². The predicted octanol–water partition coefficient (Wildman–Crippen LogP) is 2.17. The van der Waals surface area contributed by atoms with Gasteiger partial charge in [-0.05, 0) is 38.5 Å². The number of hydrogen-bond acceptors (Lipinski definition) is 6. The molecule has 0 saturated heterocycles. The molecule has 146 valence electrons. The third-order valence-corrected chi connectivity index (χ3v) is 4.23. The standard InChI is InChI=1S/C19H25N3O5/c1-11-18(12(2)22(4)21-11)20-19(24)13(3)27-17(23)10-14-7-8-15(25-5)16(9-14)26-6/h7-9,13H,10H2,1-6H3,(H,20,24). The summed E-state index contributed by atoms with van der Waals surface area (Å²) in [5, 5.41) is 7.01. The van der Waals surface area contributed by atoms with Gasteiger partial charge < -0.3 is 19.5 Å². The van der Waals surface area contributed by atoms with E-state index in [0.29, 0.717) is 28.4 Å². The highest BCUT2D eigenvalue weighted by Gasteiger charge is 2.21. The number of anilines is 1. The van der Waals surface area contributed by atoms with Crippen LogP contribution in [0.1, 0.15) is 23.9 Å². The molecule has 1 aromatic heterocycles. The summed E-state index contributed by atoms with van der Waals surface area (Å²) in [4.78, 5) is 24.5. The van der Waals surface area contributed by atoms with Gasteiger partial charge in [-0.15, -0.1) is 0 Å². The highest BCUT2D eigenvalue weighted by molar-refractivity contribution is 5.96. The average molecular weight is 375 g/mol. The van der Waals surface area contributed by atoms with Gasteiger partial charge in [-0.3, -0.25) is 14.3 Å². The molecule has 1 N–H and O–H groups in total. The Hall–Kier alpha value is -3.03. The van der Waals surface area contributed by atoms with Crippen LogP contribution in [0.2, 0.25) is 0 Å². The summed E-state index contributed by atoms with van der Waals surface area (Å²) < 4.78 is 17.3. The second-order valence-electron chi connectivity index (χ2n) is 6.16. The van der Waals surface area contributed by atoms with Crippen molar-refractivity contribution in [3.8, 4) is 11.5 Å².